The van der Waals surface area contributed by atoms with E-state index in [1.165, 1.54) is 18.2 Å². The first-order valence-electron chi connectivity index (χ1n) is 7.53. The first-order valence-corrected chi connectivity index (χ1v) is 8.32. The molecule has 8 heteroatoms. The third-order valence-corrected chi connectivity index (χ3v) is 4.18. The van der Waals surface area contributed by atoms with Crippen LogP contribution in [0.3, 0.4) is 0 Å². The fourth-order valence-corrected chi connectivity index (χ4v) is 2.75. The lowest BCUT2D eigenvalue weighted by molar-refractivity contribution is 0.0706. The molecule has 26 heavy (non-hydrogen) atoms. The second-order valence-corrected chi connectivity index (χ2v) is 6.37. The Morgan fingerprint density at radius 3 is 2.65 bits per heavy atom. The van der Waals surface area contributed by atoms with Gasteiger partial charge in [-0.3, -0.25) is 14.8 Å². The molecule has 0 saturated carbocycles. The molecule has 0 radical (unpaired) electrons. The number of nitrogens with one attached hydrogen (secondary N) is 2. The highest BCUT2D eigenvalue weighted by Gasteiger charge is 2.14. The van der Waals surface area contributed by atoms with Gasteiger partial charge in [-0.25, -0.2) is 10.3 Å². The quantitative estimate of drug-likeness (QED) is 0.344. The summed E-state index contributed by atoms with van der Waals surface area (Å²) in [5.74, 6) is -1.24. The molecule has 0 saturated heterocycles. The Kier molecular flexibility index (Phi) is 5.15. The van der Waals surface area contributed by atoms with Crippen molar-refractivity contribution in [2.75, 3.05) is 0 Å². The fraction of sp³-hybridized carbons (Fsp3) is 0.0556. The van der Waals surface area contributed by atoms with Gasteiger partial charge in [-0.2, -0.15) is 0 Å². The van der Waals surface area contributed by atoms with Crippen molar-refractivity contribution in [3.05, 3.63) is 80.1 Å². The molecule has 0 aliphatic heterocycles. The van der Waals surface area contributed by atoms with Gasteiger partial charge in [0.2, 0.25) is 0 Å². The summed E-state index contributed by atoms with van der Waals surface area (Å²) >= 11 is 3.29. The molecule has 1 aromatic heterocycles. The van der Waals surface area contributed by atoms with Gasteiger partial charge in [0, 0.05) is 22.0 Å². The topological polar surface area (TPSA) is 109 Å². The van der Waals surface area contributed by atoms with Gasteiger partial charge in [0.1, 0.15) is 11.1 Å². The van der Waals surface area contributed by atoms with Crippen molar-refractivity contribution >= 4 is 38.7 Å². The second kappa shape index (κ2) is 7.51. The number of benzene rings is 2. The zero-order valence-corrected chi connectivity index (χ0v) is 14.9. The fourth-order valence-electron chi connectivity index (χ4n) is 2.41. The predicted octanol–water partition coefficient (Wildman–Crippen LogP) is 2.60. The summed E-state index contributed by atoms with van der Waals surface area (Å²) in [7, 11) is 0. The van der Waals surface area contributed by atoms with Crippen molar-refractivity contribution in [1.29, 1.82) is 0 Å². The van der Waals surface area contributed by atoms with E-state index in [0.29, 0.717) is 16.5 Å². The summed E-state index contributed by atoms with van der Waals surface area (Å²) in [6, 6.07) is 13.0. The molecule has 0 atom stereocenters. The van der Waals surface area contributed by atoms with Gasteiger partial charge in [-0.15, -0.1) is 0 Å². The van der Waals surface area contributed by atoms with Crippen LogP contribution in [0.4, 0.5) is 0 Å². The number of halogens is 1. The lowest BCUT2D eigenvalue weighted by Gasteiger charge is -2.07. The molecule has 3 aromatic rings. The first kappa shape index (κ1) is 17.8. The van der Waals surface area contributed by atoms with E-state index >= 15 is 0 Å². The van der Waals surface area contributed by atoms with Crippen molar-refractivity contribution in [2.45, 2.75) is 6.54 Å². The smallest absolute Gasteiger partial charge is 0.349 e. The molecule has 0 fully saturated rings. The lowest BCUT2D eigenvalue weighted by Crippen LogP contribution is -2.28. The van der Waals surface area contributed by atoms with E-state index in [0.717, 1.165) is 4.47 Å². The first-order chi connectivity index (χ1) is 12.5. The average molecular weight is 417 g/mol. The Labute approximate surface area is 155 Å². The summed E-state index contributed by atoms with van der Waals surface area (Å²) in [6.45, 7) is 0.100. The highest BCUT2D eigenvalue weighted by atomic mass is 79.9. The highest BCUT2D eigenvalue weighted by molar-refractivity contribution is 9.10. The minimum Gasteiger partial charge on any atom is -0.422 e. The van der Waals surface area contributed by atoms with Crippen LogP contribution in [0.2, 0.25) is 0 Å². The molecule has 0 spiro atoms. The van der Waals surface area contributed by atoms with Crippen molar-refractivity contribution in [3.8, 4) is 0 Å². The van der Waals surface area contributed by atoms with Gasteiger partial charge in [-0.1, -0.05) is 34.1 Å². The summed E-state index contributed by atoms with van der Waals surface area (Å²) in [6.07, 6.45) is 0. The molecule has 0 unspecified atom stereocenters. The zero-order chi connectivity index (χ0) is 18.7. The zero-order valence-electron chi connectivity index (χ0n) is 13.3. The monoisotopic (exact) mass is 416 g/mol. The molecule has 1 heterocycles. The lowest BCUT2D eigenvalue weighted by atomic mass is 10.1. The van der Waals surface area contributed by atoms with Crippen LogP contribution in [0.1, 0.15) is 26.3 Å². The Balaban J connectivity index is 1.79. The van der Waals surface area contributed by atoms with Gasteiger partial charge in [0.25, 0.3) is 11.8 Å². The summed E-state index contributed by atoms with van der Waals surface area (Å²) in [4.78, 5) is 35.8. The SMILES string of the molecule is O=C(NO)c1cccc(CNC(=O)c2cc3ccc(Br)cc3oc2=O)c1. The molecule has 0 aliphatic rings. The van der Waals surface area contributed by atoms with E-state index in [1.807, 2.05) is 0 Å². The predicted molar refractivity (Wildman–Crippen MR) is 97.0 cm³/mol. The van der Waals surface area contributed by atoms with Crippen LogP contribution in [0.15, 0.2) is 62.2 Å². The number of hydrogen-bond acceptors (Lipinski definition) is 5. The molecule has 132 valence electrons. The van der Waals surface area contributed by atoms with Crippen LogP contribution >= 0.6 is 15.9 Å². The van der Waals surface area contributed by atoms with E-state index in [4.69, 9.17) is 9.62 Å². The Hall–Kier alpha value is -2.97. The van der Waals surface area contributed by atoms with Crippen LogP contribution in [0, 0.1) is 0 Å². The number of carbonyl (C=O) groups excluding carboxylic acids is 2. The standard InChI is InChI=1S/C18H13BrN2O5/c19-13-5-4-11-7-14(18(24)26-15(11)8-13)17(23)20-9-10-2-1-3-12(6-10)16(22)21-25/h1-8,25H,9H2,(H,20,23)(H,21,22). The molecule has 0 bridgehead atoms. The van der Waals surface area contributed by atoms with Crippen molar-refractivity contribution < 1.29 is 19.2 Å². The maximum absolute atomic E-state index is 12.3. The minimum absolute atomic E-state index is 0.100. The average Bonchev–Trinajstić information content (AvgIpc) is 2.65. The van der Waals surface area contributed by atoms with Gasteiger partial charge >= 0.3 is 5.63 Å². The van der Waals surface area contributed by atoms with Crippen LogP contribution < -0.4 is 16.4 Å². The van der Waals surface area contributed by atoms with Crippen LogP contribution in [0.25, 0.3) is 11.0 Å². The van der Waals surface area contributed by atoms with Crippen molar-refractivity contribution in [1.82, 2.24) is 10.8 Å². The summed E-state index contributed by atoms with van der Waals surface area (Å²) in [5.41, 5.74) is 1.96. The highest BCUT2D eigenvalue weighted by Crippen LogP contribution is 2.19. The summed E-state index contributed by atoms with van der Waals surface area (Å²) < 4.78 is 5.95. The molecule has 2 amide bonds. The second-order valence-electron chi connectivity index (χ2n) is 5.45. The van der Waals surface area contributed by atoms with Crippen LogP contribution in [0.5, 0.6) is 0 Å². The number of carbonyl (C=O) groups is 2. The molecule has 2 aromatic carbocycles. The molecule has 0 aliphatic carbocycles. The molecular weight excluding hydrogens is 404 g/mol. The third-order valence-electron chi connectivity index (χ3n) is 3.69. The Morgan fingerprint density at radius 1 is 1.08 bits per heavy atom. The largest absolute Gasteiger partial charge is 0.422 e. The maximum Gasteiger partial charge on any atom is 0.349 e. The number of amides is 2. The van der Waals surface area contributed by atoms with E-state index in [1.54, 1.807) is 35.8 Å². The number of fused-ring (bicyclic) bond motifs is 1. The Morgan fingerprint density at radius 2 is 1.88 bits per heavy atom. The minimum atomic E-state index is -0.735. The molecule has 7 nitrogen and oxygen atoms in total. The molecule has 3 N–H and O–H groups in total. The van der Waals surface area contributed by atoms with Gasteiger partial charge in [0.15, 0.2) is 0 Å². The third kappa shape index (κ3) is 3.81. The molecular formula is C18H13BrN2O5. The van der Waals surface area contributed by atoms with Gasteiger partial charge < -0.3 is 9.73 Å². The number of hydrogen-bond donors (Lipinski definition) is 3. The Bertz CT molecular complexity index is 1060. The van der Waals surface area contributed by atoms with E-state index in [2.05, 4.69) is 21.2 Å². The number of rotatable bonds is 4. The van der Waals surface area contributed by atoms with E-state index < -0.39 is 17.4 Å². The van der Waals surface area contributed by atoms with Crippen molar-refractivity contribution in [3.63, 3.8) is 0 Å². The maximum atomic E-state index is 12.3. The van der Waals surface area contributed by atoms with Crippen LogP contribution in [-0.4, -0.2) is 17.0 Å². The van der Waals surface area contributed by atoms with E-state index in [9.17, 15) is 14.4 Å². The van der Waals surface area contributed by atoms with Gasteiger partial charge in [0.05, 0.1) is 0 Å². The van der Waals surface area contributed by atoms with Crippen molar-refractivity contribution in [2.24, 2.45) is 0 Å². The van der Waals surface area contributed by atoms with Gasteiger partial charge in [-0.05, 0) is 35.9 Å². The molecule has 3 rings (SSSR count). The van der Waals surface area contributed by atoms with Crippen LogP contribution in [-0.2, 0) is 6.54 Å². The summed E-state index contributed by atoms with van der Waals surface area (Å²) in [5, 5.41) is 11.9. The van der Waals surface area contributed by atoms with E-state index in [-0.39, 0.29) is 17.7 Å². The number of hydroxylamine groups is 1. The normalized spacial score (nSPS) is 10.5.